The zero-order valence-corrected chi connectivity index (χ0v) is 14.9. The minimum atomic E-state index is 0.552. The fraction of sp³-hybridized carbons (Fsp3) is 0.700. The van der Waals surface area contributed by atoms with Crippen LogP contribution in [-0.4, -0.2) is 55.6 Å². The number of piperidine rings is 1. The molecule has 3 heteroatoms. The lowest BCUT2D eigenvalue weighted by atomic mass is 9.97. The molecule has 0 bridgehead atoms. The summed E-state index contributed by atoms with van der Waals surface area (Å²) in [6.45, 7) is 12.9. The first kappa shape index (κ1) is 16.9. The van der Waals surface area contributed by atoms with Gasteiger partial charge in [-0.25, -0.2) is 0 Å². The SMILES string of the molecule is CC(C)c1ccc(C(CN2CCCCC2)N2CCNCC2)cc1. The lowest BCUT2D eigenvalue weighted by molar-refractivity contribution is 0.114. The second-order valence-corrected chi connectivity index (χ2v) is 7.48. The molecule has 0 saturated carbocycles. The number of nitrogens with one attached hydrogen (secondary N) is 1. The Morgan fingerprint density at radius 2 is 1.48 bits per heavy atom. The molecule has 1 aromatic carbocycles. The molecule has 3 rings (SSSR count). The largest absolute Gasteiger partial charge is 0.314 e. The van der Waals surface area contributed by atoms with Gasteiger partial charge in [0.25, 0.3) is 0 Å². The van der Waals surface area contributed by atoms with E-state index < -0.39 is 0 Å². The van der Waals surface area contributed by atoms with E-state index in [-0.39, 0.29) is 0 Å². The van der Waals surface area contributed by atoms with Crippen LogP contribution < -0.4 is 5.32 Å². The number of hydrogen-bond donors (Lipinski definition) is 1. The molecule has 2 heterocycles. The van der Waals surface area contributed by atoms with Crippen LogP contribution in [0.5, 0.6) is 0 Å². The minimum absolute atomic E-state index is 0.552. The Morgan fingerprint density at radius 3 is 2.09 bits per heavy atom. The Kier molecular flexibility index (Phi) is 6.09. The number of rotatable bonds is 5. The topological polar surface area (TPSA) is 18.5 Å². The van der Waals surface area contributed by atoms with Crippen molar-refractivity contribution in [1.29, 1.82) is 0 Å². The van der Waals surface area contributed by atoms with Crippen LogP contribution in [0, 0.1) is 0 Å². The summed E-state index contributed by atoms with van der Waals surface area (Å²) < 4.78 is 0. The van der Waals surface area contributed by atoms with Crippen molar-refractivity contribution in [1.82, 2.24) is 15.1 Å². The van der Waals surface area contributed by atoms with Crippen molar-refractivity contribution < 1.29 is 0 Å². The Morgan fingerprint density at radius 1 is 0.870 bits per heavy atom. The van der Waals surface area contributed by atoms with Gasteiger partial charge in [-0.3, -0.25) is 4.90 Å². The molecule has 2 fully saturated rings. The molecule has 0 amide bonds. The van der Waals surface area contributed by atoms with Crippen LogP contribution in [0.15, 0.2) is 24.3 Å². The van der Waals surface area contributed by atoms with Crippen LogP contribution in [0.4, 0.5) is 0 Å². The average Bonchev–Trinajstić information content (AvgIpc) is 2.61. The predicted molar refractivity (Wildman–Crippen MR) is 98.0 cm³/mol. The number of likely N-dealkylation sites (tertiary alicyclic amines) is 1. The maximum absolute atomic E-state index is 3.49. The second-order valence-electron chi connectivity index (χ2n) is 7.48. The van der Waals surface area contributed by atoms with Crippen LogP contribution in [0.1, 0.15) is 56.2 Å². The molecule has 1 atom stereocenters. The lowest BCUT2D eigenvalue weighted by Gasteiger charge is -2.39. The molecule has 0 aromatic heterocycles. The number of nitrogens with zero attached hydrogens (tertiary/aromatic N) is 2. The summed E-state index contributed by atoms with van der Waals surface area (Å²) in [5, 5.41) is 3.49. The number of hydrogen-bond acceptors (Lipinski definition) is 3. The van der Waals surface area contributed by atoms with E-state index in [0.29, 0.717) is 12.0 Å². The molecule has 2 aliphatic heterocycles. The molecule has 3 nitrogen and oxygen atoms in total. The number of benzene rings is 1. The van der Waals surface area contributed by atoms with Gasteiger partial charge in [0.15, 0.2) is 0 Å². The van der Waals surface area contributed by atoms with Crippen molar-refractivity contribution in [3.63, 3.8) is 0 Å². The van der Waals surface area contributed by atoms with Gasteiger partial charge in [-0.15, -0.1) is 0 Å². The van der Waals surface area contributed by atoms with Gasteiger partial charge < -0.3 is 10.2 Å². The van der Waals surface area contributed by atoms with Gasteiger partial charge in [-0.05, 0) is 43.0 Å². The summed E-state index contributed by atoms with van der Waals surface area (Å²) in [7, 11) is 0. The first-order chi connectivity index (χ1) is 11.2. The smallest absolute Gasteiger partial charge is 0.0476 e. The second kappa shape index (κ2) is 8.27. The highest BCUT2D eigenvalue weighted by molar-refractivity contribution is 5.27. The zero-order chi connectivity index (χ0) is 16.1. The molecule has 23 heavy (non-hydrogen) atoms. The normalized spacial score (nSPS) is 22.4. The van der Waals surface area contributed by atoms with E-state index in [4.69, 9.17) is 0 Å². The summed E-state index contributed by atoms with van der Waals surface area (Å²) in [5.41, 5.74) is 2.95. The molecule has 0 aliphatic carbocycles. The monoisotopic (exact) mass is 315 g/mol. The molecule has 2 saturated heterocycles. The van der Waals surface area contributed by atoms with E-state index in [9.17, 15) is 0 Å². The Hall–Kier alpha value is -0.900. The fourth-order valence-corrected chi connectivity index (χ4v) is 3.92. The molecule has 0 radical (unpaired) electrons. The summed E-state index contributed by atoms with van der Waals surface area (Å²) in [4.78, 5) is 5.38. The zero-order valence-electron chi connectivity index (χ0n) is 14.9. The molecule has 2 aliphatic rings. The molecule has 1 aromatic rings. The average molecular weight is 316 g/mol. The van der Waals surface area contributed by atoms with E-state index >= 15 is 0 Å². The van der Waals surface area contributed by atoms with Crippen LogP contribution in [0.25, 0.3) is 0 Å². The van der Waals surface area contributed by atoms with Gasteiger partial charge >= 0.3 is 0 Å². The van der Waals surface area contributed by atoms with E-state index in [1.165, 1.54) is 63.1 Å². The van der Waals surface area contributed by atoms with Gasteiger partial charge in [0.05, 0.1) is 0 Å². The van der Waals surface area contributed by atoms with Crippen molar-refractivity contribution in [3.8, 4) is 0 Å². The van der Waals surface area contributed by atoms with Crippen LogP contribution in [0.2, 0.25) is 0 Å². The minimum Gasteiger partial charge on any atom is -0.314 e. The van der Waals surface area contributed by atoms with E-state index in [1.807, 2.05) is 0 Å². The predicted octanol–water partition coefficient (Wildman–Crippen LogP) is 3.24. The van der Waals surface area contributed by atoms with Gasteiger partial charge in [0, 0.05) is 38.8 Å². The third-order valence-electron chi connectivity index (χ3n) is 5.46. The third kappa shape index (κ3) is 4.56. The van der Waals surface area contributed by atoms with Gasteiger partial charge in [-0.1, -0.05) is 44.5 Å². The van der Waals surface area contributed by atoms with E-state index in [1.54, 1.807) is 0 Å². The summed E-state index contributed by atoms with van der Waals surface area (Å²) in [5.74, 6) is 0.615. The molecule has 0 spiro atoms. The highest BCUT2D eigenvalue weighted by atomic mass is 15.2. The first-order valence-electron chi connectivity index (χ1n) is 9.51. The van der Waals surface area contributed by atoms with E-state index in [2.05, 4.69) is 53.2 Å². The van der Waals surface area contributed by atoms with Crippen LogP contribution in [-0.2, 0) is 0 Å². The first-order valence-corrected chi connectivity index (χ1v) is 9.51. The van der Waals surface area contributed by atoms with E-state index in [0.717, 1.165) is 13.1 Å². The maximum atomic E-state index is 3.49. The molecule has 1 unspecified atom stereocenters. The van der Waals surface area contributed by atoms with Crippen molar-refractivity contribution in [2.45, 2.75) is 45.1 Å². The third-order valence-corrected chi connectivity index (χ3v) is 5.46. The van der Waals surface area contributed by atoms with Gasteiger partial charge in [0.2, 0.25) is 0 Å². The number of piperazine rings is 1. The van der Waals surface area contributed by atoms with Crippen LogP contribution in [0.3, 0.4) is 0 Å². The Labute approximate surface area is 142 Å². The van der Waals surface area contributed by atoms with Crippen molar-refractivity contribution >= 4 is 0 Å². The van der Waals surface area contributed by atoms with Crippen LogP contribution >= 0.6 is 0 Å². The van der Waals surface area contributed by atoms with Crippen molar-refractivity contribution in [2.75, 3.05) is 45.8 Å². The van der Waals surface area contributed by atoms with Crippen molar-refractivity contribution in [3.05, 3.63) is 35.4 Å². The van der Waals surface area contributed by atoms with Gasteiger partial charge in [-0.2, -0.15) is 0 Å². The summed E-state index contributed by atoms with van der Waals surface area (Å²) >= 11 is 0. The Bertz CT molecular complexity index is 456. The standard InChI is InChI=1S/C20H33N3/c1-17(2)18-6-8-19(9-7-18)20(23-14-10-21-11-15-23)16-22-12-4-3-5-13-22/h6-9,17,20-21H,3-5,10-16H2,1-2H3. The maximum Gasteiger partial charge on any atom is 0.0476 e. The molecular formula is C20H33N3. The molecule has 128 valence electrons. The molecule has 1 N–H and O–H groups in total. The van der Waals surface area contributed by atoms with Gasteiger partial charge in [0.1, 0.15) is 0 Å². The summed E-state index contributed by atoms with van der Waals surface area (Å²) in [6, 6.07) is 9.99. The lowest BCUT2D eigenvalue weighted by Crippen LogP contribution is -2.48. The summed E-state index contributed by atoms with van der Waals surface area (Å²) in [6.07, 6.45) is 4.17. The Balaban J connectivity index is 1.75. The van der Waals surface area contributed by atoms with Crippen molar-refractivity contribution in [2.24, 2.45) is 0 Å². The fourth-order valence-electron chi connectivity index (χ4n) is 3.92. The highest BCUT2D eigenvalue weighted by Gasteiger charge is 2.25. The molecular weight excluding hydrogens is 282 g/mol. The quantitative estimate of drug-likeness (QED) is 0.900. The highest BCUT2D eigenvalue weighted by Crippen LogP contribution is 2.26.